The van der Waals surface area contributed by atoms with Crippen LogP contribution in [-0.4, -0.2) is 24.0 Å². The molecule has 1 saturated heterocycles. The van der Waals surface area contributed by atoms with Crippen molar-refractivity contribution >= 4 is 17.9 Å². The Labute approximate surface area is 235 Å². The third-order valence-corrected chi connectivity index (χ3v) is 13.4. The van der Waals surface area contributed by atoms with Crippen molar-refractivity contribution < 1.29 is 23.9 Å². The number of hydrogen-bond donors (Lipinski definition) is 0. The fourth-order valence-corrected chi connectivity index (χ4v) is 11.0. The summed E-state index contributed by atoms with van der Waals surface area (Å²) in [6.07, 6.45) is 9.64. The lowest BCUT2D eigenvalue weighted by molar-refractivity contribution is -0.154. The molecule has 0 spiro atoms. The van der Waals surface area contributed by atoms with Crippen molar-refractivity contribution in [2.75, 3.05) is 0 Å². The monoisotopic (exact) mass is 538 g/mol. The SMILES string of the molecule is CC(=O)O[C@@H]1CC[C@@]2(C)[C@H](C1)C[C@@H]1C3=C4[C@H](C[C@H]([C@H](C)CC[C@H](C)C(C)C)[C@]4(C)CC[C@H]32)[C@H]2C(=O)OC(=O)[C@H]21. The van der Waals surface area contributed by atoms with Gasteiger partial charge in [-0.1, -0.05) is 65.5 Å². The Morgan fingerprint density at radius 3 is 2.31 bits per heavy atom. The minimum absolute atomic E-state index is 0.0297. The molecule has 0 N–H and O–H groups in total. The largest absolute Gasteiger partial charge is 0.463 e. The number of carbonyl (C=O) groups is 3. The maximum atomic E-state index is 13.3. The molecule has 0 aromatic carbocycles. The van der Waals surface area contributed by atoms with Crippen LogP contribution >= 0.6 is 0 Å². The van der Waals surface area contributed by atoms with E-state index in [2.05, 4.69) is 41.5 Å². The second-order valence-corrected chi connectivity index (χ2v) is 15.4. The van der Waals surface area contributed by atoms with Crippen LogP contribution < -0.4 is 0 Å². The number of rotatable bonds is 6. The van der Waals surface area contributed by atoms with Gasteiger partial charge in [0.15, 0.2) is 0 Å². The van der Waals surface area contributed by atoms with Crippen LogP contribution in [0.5, 0.6) is 0 Å². The molecule has 0 unspecified atom stereocenters. The zero-order valence-electron chi connectivity index (χ0n) is 25.3. The Morgan fingerprint density at radius 1 is 0.949 bits per heavy atom. The third kappa shape index (κ3) is 4.02. The van der Waals surface area contributed by atoms with E-state index in [1.165, 1.54) is 32.6 Å². The van der Waals surface area contributed by atoms with Gasteiger partial charge in [-0.05, 0) is 103 Å². The van der Waals surface area contributed by atoms with E-state index in [0.29, 0.717) is 29.6 Å². The number of ether oxygens (including phenoxy) is 2. The summed E-state index contributed by atoms with van der Waals surface area (Å²) < 4.78 is 11.2. The van der Waals surface area contributed by atoms with Crippen molar-refractivity contribution in [3.63, 3.8) is 0 Å². The van der Waals surface area contributed by atoms with Gasteiger partial charge in [0, 0.05) is 6.92 Å². The smallest absolute Gasteiger partial charge is 0.318 e. The van der Waals surface area contributed by atoms with Crippen LogP contribution in [0.4, 0.5) is 0 Å². The maximum absolute atomic E-state index is 13.3. The summed E-state index contributed by atoms with van der Waals surface area (Å²) in [5.41, 5.74) is 3.45. The summed E-state index contributed by atoms with van der Waals surface area (Å²) in [5, 5.41) is 0. The van der Waals surface area contributed by atoms with Gasteiger partial charge in [0.05, 0.1) is 11.8 Å². The maximum Gasteiger partial charge on any atom is 0.318 e. The Hall–Kier alpha value is -1.65. The van der Waals surface area contributed by atoms with E-state index in [1.54, 1.807) is 11.1 Å². The fraction of sp³-hybridized carbons (Fsp3) is 0.853. The van der Waals surface area contributed by atoms with E-state index in [1.807, 2.05) is 0 Å². The van der Waals surface area contributed by atoms with Crippen LogP contribution in [-0.2, 0) is 23.9 Å². The summed E-state index contributed by atoms with van der Waals surface area (Å²) in [4.78, 5) is 38.4. The van der Waals surface area contributed by atoms with Gasteiger partial charge in [-0.2, -0.15) is 0 Å². The van der Waals surface area contributed by atoms with Crippen molar-refractivity contribution in [2.45, 2.75) is 112 Å². The first-order valence-electron chi connectivity index (χ1n) is 16.0. The lowest BCUT2D eigenvalue weighted by Crippen LogP contribution is -2.55. The van der Waals surface area contributed by atoms with E-state index >= 15 is 0 Å². The minimum atomic E-state index is -0.320. The molecular formula is C34H50O5. The second-order valence-electron chi connectivity index (χ2n) is 15.4. The first-order valence-corrected chi connectivity index (χ1v) is 16.0. The van der Waals surface area contributed by atoms with Gasteiger partial charge in [0.1, 0.15) is 6.10 Å². The number of cyclic esters (lactones) is 2. The summed E-state index contributed by atoms with van der Waals surface area (Å²) >= 11 is 0. The molecule has 5 heteroatoms. The van der Waals surface area contributed by atoms with Crippen LogP contribution in [0.1, 0.15) is 106 Å². The molecule has 6 aliphatic rings. The van der Waals surface area contributed by atoms with Gasteiger partial charge < -0.3 is 9.47 Å². The van der Waals surface area contributed by atoms with Crippen molar-refractivity contribution in [3.05, 3.63) is 11.1 Å². The van der Waals surface area contributed by atoms with Gasteiger partial charge >= 0.3 is 17.9 Å². The fourth-order valence-electron chi connectivity index (χ4n) is 11.0. The van der Waals surface area contributed by atoms with E-state index < -0.39 is 0 Å². The highest BCUT2D eigenvalue weighted by atomic mass is 16.6. The van der Waals surface area contributed by atoms with Gasteiger partial charge in [0.2, 0.25) is 0 Å². The molecule has 6 rings (SSSR count). The van der Waals surface area contributed by atoms with Crippen molar-refractivity contribution in [2.24, 2.45) is 70.0 Å². The van der Waals surface area contributed by atoms with Gasteiger partial charge in [-0.15, -0.1) is 0 Å². The van der Waals surface area contributed by atoms with Crippen molar-refractivity contribution in [1.29, 1.82) is 0 Å². The van der Waals surface area contributed by atoms with Crippen LogP contribution in [0.15, 0.2) is 11.1 Å². The molecule has 0 aromatic heterocycles. The van der Waals surface area contributed by atoms with Crippen LogP contribution in [0.2, 0.25) is 0 Å². The summed E-state index contributed by atoms with van der Waals surface area (Å²) in [6, 6.07) is 0. The Kier molecular flexibility index (Phi) is 6.66. The molecule has 3 saturated carbocycles. The molecule has 0 radical (unpaired) electrons. The molecule has 216 valence electrons. The van der Waals surface area contributed by atoms with Crippen LogP contribution in [0.25, 0.3) is 0 Å². The molecule has 12 atom stereocenters. The lowest BCUT2D eigenvalue weighted by Gasteiger charge is -2.61. The van der Waals surface area contributed by atoms with Crippen molar-refractivity contribution in [1.82, 2.24) is 0 Å². The number of esters is 3. The van der Waals surface area contributed by atoms with Gasteiger partial charge in [-0.3, -0.25) is 14.4 Å². The molecule has 39 heavy (non-hydrogen) atoms. The second kappa shape index (κ2) is 9.44. The molecule has 1 aliphatic heterocycles. The number of hydrogen-bond acceptors (Lipinski definition) is 5. The van der Waals surface area contributed by atoms with E-state index in [4.69, 9.17) is 9.47 Å². The molecular weight excluding hydrogens is 488 g/mol. The quantitative estimate of drug-likeness (QED) is 0.204. The van der Waals surface area contributed by atoms with Crippen LogP contribution in [0.3, 0.4) is 0 Å². The highest BCUT2D eigenvalue weighted by molar-refractivity contribution is 5.98. The molecule has 5 nitrogen and oxygen atoms in total. The first kappa shape index (κ1) is 27.5. The number of carbonyl (C=O) groups excluding carboxylic acids is 3. The normalized spacial score (nSPS) is 45.8. The highest BCUT2D eigenvalue weighted by Crippen LogP contribution is 2.73. The van der Waals surface area contributed by atoms with E-state index in [0.717, 1.165) is 38.0 Å². The van der Waals surface area contributed by atoms with Crippen LogP contribution in [0, 0.1) is 70.0 Å². The third-order valence-electron chi connectivity index (χ3n) is 13.4. The summed E-state index contributed by atoms with van der Waals surface area (Å²) in [5.74, 6) is 2.35. The molecule has 5 aliphatic carbocycles. The molecule has 1 heterocycles. The zero-order chi connectivity index (χ0) is 28.0. The van der Waals surface area contributed by atoms with E-state index in [-0.39, 0.29) is 58.5 Å². The predicted molar refractivity (Wildman–Crippen MR) is 149 cm³/mol. The molecule has 4 fully saturated rings. The Morgan fingerprint density at radius 2 is 1.64 bits per heavy atom. The standard InChI is InChI=1S/C34H50O5/c1-17(2)18(3)8-9-19(4)26-16-24-29-28(31(36)39-32(29)37)23-15-21-14-22(38-20(5)35)10-12-33(21,6)25-11-13-34(26,7)30(24)27(23)25/h17-19,21-26,28-29H,8-16H2,1-7H3/t18-,19+,21+,22+,23+,24+,25+,26+,28-,29+,33-,34-/m0/s1. The number of allylic oxidation sites excluding steroid dienone is 2. The Bertz CT molecular complexity index is 1090. The minimum Gasteiger partial charge on any atom is -0.463 e. The van der Waals surface area contributed by atoms with Crippen molar-refractivity contribution in [3.8, 4) is 0 Å². The average Bonchev–Trinajstić information content (AvgIpc) is 3.34. The predicted octanol–water partition coefficient (Wildman–Crippen LogP) is 7.13. The Balaban J connectivity index is 1.39. The van der Waals surface area contributed by atoms with E-state index in [9.17, 15) is 14.4 Å². The number of fused-ring (bicyclic) bond motifs is 5. The summed E-state index contributed by atoms with van der Waals surface area (Å²) in [7, 11) is 0. The topological polar surface area (TPSA) is 69.7 Å². The lowest BCUT2D eigenvalue weighted by atomic mass is 9.43. The summed E-state index contributed by atoms with van der Waals surface area (Å²) in [6.45, 7) is 16.0. The zero-order valence-corrected chi connectivity index (χ0v) is 25.3. The molecule has 0 amide bonds. The highest BCUT2D eigenvalue weighted by Gasteiger charge is 2.68. The molecule has 0 aromatic rings. The van der Waals surface area contributed by atoms with Gasteiger partial charge in [0.25, 0.3) is 0 Å². The molecule has 0 bridgehead atoms. The average molecular weight is 539 g/mol. The first-order chi connectivity index (χ1) is 18.4. The van der Waals surface area contributed by atoms with Gasteiger partial charge in [-0.25, -0.2) is 0 Å².